The SMILES string of the molecule is NC(=O)CCN(C(=O)COc1ccccc1C(F)(F)F)c1ccccc1. The molecule has 2 aromatic carbocycles. The number of para-hydroxylation sites is 2. The van der Waals surface area contributed by atoms with Gasteiger partial charge >= 0.3 is 6.18 Å². The number of benzene rings is 2. The van der Waals surface area contributed by atoms with Crippen LogP contribution >= 0.6 is 0 Å². The van der Waals surface area contributed by atoms with Gasteiger partial charge in [0.1, 0.15) is 5.75 Å². The highest BCUT2D eigenvalue weighted by Crippen LogP contribution is 2.35. The van der Waals surface area contributed by atoms with Crippen LogP contribution in [0.2, 0.25) is 0 Å². The van der Waals surface area contributed by atoms with Gasteiger partial charge in [-0.25, -0.2) is 0 Å². The number of carbonyl (C=O) groups excluding carboxylic acids is 2. The van der Waals surface area contributed by atoms with E-state index in [1.807, 2.05) is 0 Å². The van der Waals surface area contributed by atoms with Crippen molar-refractivity contribution in [3.8, 4) is 5.75 Å². The maximum absolute atomic E-state index is 13.0. The second kappa shape index (κ2) is 8.37. The maximum atomic E-state index is 13.0. The van der Waals surface area contributed by atoms with E-state index in [-0.39, 0.29) is 13.0 Å². The Morgan fingerprint density at radius 2 is 1.62 bits per heavy atom. The number of alkyl halides is 3. The van der Waals surface area contributed by atoms with Crippen LogP contribution in [0, 0.1) is 0 Å². The minimum absolute atomic E-state index is 0.00244. The molecule has 2 aromatic rings. The van der Waals surface area contributed by atoms with Crippen LogP contribution in [0.15, 0.2) is 54.6 Å². The zero-order valence-corrected chi connectivity index (χ0v) is 13.7. The average Bonchev–Trinajstić information content (AvgIpc) is 2.60. The molecule has 2 rings (SSSR count). The first kappa shape index (κ1) is 19.3. The number of nitrogens with two attached hydrogens (primary N) is 1. The fourth-order valence-corrected chi connectivity index (χ4v) is 2.27. The van der Waals surface area contributed by atoms with Crippen LogP contribution in [0.4, 0.5) is 18.9 Å². The Kier molecular flexibility index (Phi) is 6.21. The number of ether oxygens (including phenoxy) is 1. The second-order valence-electron chi connectivity index (χ2n) is 5.38. The molecule has 0 aliphatic carbocycles. The van der Waals surface area contributed by atoms with Gasteiger partial charge in [0.2, 0.25) is 5.91 Å². The summed E-state index contributed by atoms with van der Waals surface area (Å²) in [5, 5.41) is 0. The molecule has 138 valence electrons. The first-order chi connectivity index (χ1) is 12.3. The Labute approximate surface area is 148 Å². The monoisotopic (exact) mass is 366 g/mol. The molecule has 5 nitrogen and oxygen atoms in total. The number of anilines is 1. The van der Waals surface area contributed by atoms with Crippen molar-refractivity contribution in [3.63, 3.8) is 0 Å². The van der Waals surface area contributed by atoms with E-state index in [0.717, 1.165) is 12.1 Å². The zero-order valence-electron chi connectivity index (χ0n) is 13.7. The molecule has 0 radical (unpaired) electrons. The summed E-state index contributed by atoms with van der Waals surface area (Å²) < 4.78 is 44.0. The highest BCUT2D eigenvalue weighted by Gasteiger charge is 2.34. The Morgan fingerprint density at radius 1 is 1.00 bits per heavy atom. The lowest BCUT2D eigenvalue weighted by Crippen LogP contribution is -2.37. The highest BCUT2D eigenvalue weighted by atomic mass is 19.4. The molecule has 0 aromatic heterocycles. The third kappa shape index (κ3) is 5.23. The standard InChI is InChI=1S/C18H17F3N2O3/c19-18(20,21)14-8-4-5-9-15(14)26-12-17(25)23(11-10-16(22)24)13-6-2-1-3-7-13/h1-9H,10-12H2,(H2,22,24). The predicted octanol–water partition coefficient (Wildman–Crippen LogP) is 2.99. The maximum Gasteiger partial charge on any atom is 0.419 e. The number of nitrogens with zero attached hydrogens (tertiary/aromatic N) is 1. The minimum atomic E-state index is -4.59. The quantitative estimate of drug-likeness (QED) is 0.819. The summed E-state index contributed by atoms with van der Waals surface area (Å²) in [6.45, 7) is -0.608. The molecular weight excluding hydrogens is 349 g/mol. The van der Waals surface area contributed by atoms with Gasteiger partial charge in [0.25, 0.3) is 5.91 Å². The third-order valence-corrected chi connectivity index (χ3v) is 3.49. The van der Waals surface area contributed by atoms with Crippen molar-refractivity contribution in [2.75, 3.05) is 18.1 Å². The summed E-state index contributed by atoms with van der Waals surface area (Å²) in [7, 11) is 0. The van der Waals surface area contributed by atoms with Gasteiger partial charge in [-0.3, -0.25) is 9.59 Å². The lowest BCUT2D eigenvalue weighted by atomic mass is 10.2. The molecular formula is C18H17F3N2O3. The van der Waals surface area contributed by atoms with E-state index in [4.69, 9.17) is 10.5 Å². The van der Waals surface area contributed by atoms with Gasteiger partial charge in [0.15, 0.2) is 6.61 Å². The van der Waals surface area contributed by atoms with Crippen molar-refractivity contribution in [1.82, 2.24) is 0 Å². The summed E-state index contributed by atoms with van der Waals surface area (Å²) in [6, 6.07) is 13.1. The fraction of sp³-hybridized carbons (Fsp3) is 0.222. The van der Waals surface area contributed by atoms with Gasteiger partial charge in [0, 0.05) is 18.7 Å². The van der Waals surface area contributed by atoms with Crippen LogP contribution in [-0.2, 0) is 15.8 Å². The van der Waals surface area contributed by atoms with Gasteiger partial charge in [-0.2, -0.15) is 13.2 Å². The summed E-state index contributed by atoms with van der Waals surface area (Å²) in [4.78, 5) is 24.7. The number of hydrogen-bond donors (Lipinski definition) is 1. The van der Waals surface area contributed by atoms with Crippen LogP contribution in [0.25, 0.3) is 0 Å². The molecule has 0 bridgehead atoms. The van der Waals surface area contributed by atoms with Gasteiger partial charge in [-0.1, -0.05) is 30.3 Å². The lowest BCUT2D eigenvalue weighted by Gasteiger charge is -2.23. The molecule has 0 saturated carbocycles. The smallest absolute Gasteiger partial charge is 0.419 e. The number of amides is 2. The van der Waals surface area contributed by atoms with E-state index < -0.39 is 35.9 Å². The molecule has 2 amide bonds. The molecule has 0 spiro atoms. The largest absolute Gasteiger partial charge is 0.483 e. The topological polar surface area (TPSA) is 72.6 Å². The first-order valence-corrected chi connectivity index (χ1v) is 7.72. The van der Waals surface area contributed by atoms with E-state index in [2.05, 4.69) is 0 Å². The summed E-state index contributed by atoms with van der Waals surface area (Å²) in [5.74, 6) is -1.62. The molecule has 0 saturated heterocycles. The molecule has 26 heavy (non-hydrogen) atoms. The zero-order chi connectivity index (χ0) is 19.2. The van der Waals surface area contributed by atoms with E-state index in [1.165, 1.54) is 17.0 Å². The first-order valence-electron chi connectivity index (χ1n) is 7.72. The van der Waals surface area contributed by atoms with Crippen molar-refractivity contribution in [3.05, 3.63) is 60.2 Å². The van der Waals surface area contributed by atoms with Gasteiger partial charge < -0.3 is 15.4 Å². The Hall–Kier alpha value is -3.03. The van der Waals surface area contributed by atoms with Crippen LogP contribution in [0.5, 0.6) is 5.75 Å². The van der Waals surface area contributed by atoms with E-state index in [1.54, 1.807) is 30.3 Å². The minimum Gasteiger partial charge on any atom is -0.483 e. The van der Waals surface area contributed by atoms with Gasteiger partial charge in [0.05, 0.1) is 5.56 Å². The van der Waals surface area contributed by atoms with Crippen molar-refractivity contribution < 1.29 is 27.5 Å². The third-order valence-electron chi connectivity index (χ3n) is 3.49. The molecule has 2 N–H and O–H groups in total. The second-order valence-corrected chi connectivity index (χ2v) is 5.38. The molecule has 0 fully saturated rings. The average molecular weight is 366 g/mol. The predicted molar refractivity (Wildman–Crippen MR) is 89.5 cm³/mol. The van der Waals surface area contributed by atoms with Crippen LogP contribution in [0.3, 0.4) is 0 Å². The fourth-order valence-electron chi connectivity index (χ4n) is 2.27. The molecule has 8 heteroatoms. The van der Waals surface area contributed by atoms with Crippen molar-refractivity contribution in [2.24, 2.45) is 5.73 Å². The van der Waals surface area contributed by atoms with Crippen LogP contribution in [0.1, 0.15) is 12.0 Å². The molecule has 0 unspecified atom stereocenters. The molecule has 0 atom stereocenters. The Morgan fingerprint density at radius 3 is 2.23 bits per heavy atom. The molecule has 0 aliphatic heterocycles. The van der Waals surface area contributed by atoms with E-state index >= 15 is 0 Å². The van der Waals surface area contributed by atoms with Gasteiger partial charge in [-0.15, -0.1) is 0 Å². The summed E-state index contributed by atoms with van der Waals surface area (Å²) in [5.41, 5.74) is 4.65. The van der Waals surface area contributed by atoms with Crippen molar-refractivity contribution >= 4 is 17.5 Å². The number of halogens is 3. The van der Waals surface area contributed by atoms with E-state index in [9.17, 15) is 22.8 Å². The number of carbonyl (C=O) groups is 2. The Bertz CT molecular complexity index is 764. The normalized spacial score (nSPS) is 11.0. The molecule has 0 aliphatic rings. The van der Waals surface area contributed by atoms with Crippen LogP contribution < -0.4 is 15.4 Å². The molecule has 0 heterocycles. The summed E-state index contributed by atoms with van der Waals surface area (Å²) >= 11 is 0. The Balaban J connectivity index is 2.14. The number of rotatable bonds is 7. The summed E-state index contributed by atoms with van der Waals surface area (Å²) in [6.07, 6.45) is -4.68. The lowest BCUT2D eigenvalue weighted by molar-refractivity contribution is -0.139. The van der Waals surface area contributed by atoms with Crippen molar-refractivity contribution in [2.45, 2.75) is 12.6 Å². The van der Waals surface area contributed by atoms with Crippen molar-refractivity contribution in [1.29, 1.82) is 0 Å². The van der Waals surface area contributed by atoms with Gasteiger partial charge in [-0.05, 0) is 24.3 Å². The van der Waals surface area contributed by atoms with E-state index in [0.29, 0.717) is 5.69 Å². The van der Waals surface area contributed by atoms with Crippen LogP contribution in [-0.4, -0.2) is 25.0 Å². The number of primary amides is 1. The number of hydrogen-bond acceptors (Lipinski definition) is 3. The highest BCUT2D eigenvalue weighted by molar-refractivity contribution is 5.95.